The third kappa shape index (κ3) is 2.63. The molecule has 0 saturated carbocycles. The van der Waals surface area contributed by atoms with Crippen LogP contribution in [0.3, 0.4) is 0 Å². The van der Waals surface area contributed by atoms with Crippen molar-refractivity contribution < 1.29 is 4.74 Å². The normalized spacial score (nSPS) is 27.1. The fourth-order valence-corrected chi connectivity index (χ4v) is 3.22. The summed E-state index contributed by atoms with van der Waals surface area (Å²) in [6, 6.07) is 2.51. The van der Waals surface area contributed by atoms with E-state index < -0.39 is 0 Å². The molecule has 2 heterocycles. The van der Waals surface area contributed by atoms with Gasteiger partial charge in [0.1, 0.15) is 0 Å². The number of nitrogens with two attached hydrogens (primary N) is 1. The standard InChI is InChI=1S/C12H20N2OS/c1-2-12-10(3-5-15-12)11(14-13)7-9-4-6-16-8-9/h4,6,8,10-12,14H,2-3,5,7,13H2,1H3. The summed E-state index contributed by atoms with van der Waals surface area (Å²) in [7, 11) is 0. The van der Waals surface area contributed by atoms with Crippen molar-refractivity contribution in [2.75, 3.05) is 6.61 Å². The van der Waals surface area contributed by atoms with Gasteiger partial charge in [0.15, 0.2) is 0 Å². The number of ether oxygens (including phenoxy) is 1. The molecule has 3 unspecified atom stereocenters. The first-order valence-corrected chi connectivity index (χ1v) is 6.88. The van der Waals surface area contributed by atoms with Crippen molar-refractivity contribution in [3.63, 3.8) is 0 Å². The molecular formula is C12H20N2OS. The summed E-state index contributed by atoms with van der Waals surface area (Å²) in [4.78, 5) is 0. The Balaban J connectivity index is 1.98. The van der Waals surface area contributed by atoms with E-state index in [1.807, 2.05) is 0 Å². The fourth-order valence-electron chi connectivity index (χ4n) is 2.54. The second kappa shape index (κ2) is 5.77. The molecule has 4 heteroatoms. The topological polar surface area (TPSA) is 47.3 Å². The molecule has 0 radical (unpaired) electrons. The Morgan fingerprint density at radius 2 is 2.56 bits per heavy atom. The van der Waals surface area contributed by atoms with E-state index in [4.69, 9.17) is 10.6 Å². The van der Waals surface area contributed by atoms with Gasteiger partial charge < -0.3 is 4.74 Å². The van der Waals surface area contributed by atoms with E-state index in [1.54, 1.807) is 11.3 Å². The summed E-state index contributed by atoms with van der Waals surface area (Å²) >= 11 is 1.74. The molecule has 0 spiro atoms. The van der Waals surface area contributed by atoms with Crippen LogP contribution in [0.2, 0.25) is 0 Å². The Bertz CT molecular complexity index is 302. The lowest BCUT2D eigenvalue weighted by Gasteiger charge is -2.26. The summed E-state index contributed by atoms with van der Waals surface area (Å²) in [5.41, 5.74) is 4.34. The average molecular weight is 240 g/mol. The molecule has 1 aliphatic heterocycles. The van der Waals surface area contributed by atoms with Crippen LogP contribution in [0.4, 0.5) is 0 Å². The first-order chi connectivity index (χ1) is 7.85. The second-order valence-electron chi connectivity index (χ2n) is 4.38. The van der Waals surface area contributed by atoms with Gasteiger partial charge >= 0.3 is 0 Å². The number of nitrogens with one attached hydrogen (secondary N) is 1. The highest BCUT2D eigenvalue weighted by atomic mass is 32.1. The monoisotopic (exact) mass is 240 g/mol. The van der Waals surface area contributed by atoms with Crippen molar-refractivity contribution in [3.05, 3.63) is 22.4 Å². The van der Waals surface area contributed by atoms with Crippen LogP contribution in [-0.4, -0.2) is 18.8 Å². The molecule has 1 aromatic rings. The molecule has 0 amide bonds. The Morgan fingerprint density at radius 1 is 1.69 bits per heavy atom. The summed E-state index contributed by atoms with van der Waals surface area (Å²) in [6.45, 7) is 3.06. The van der Waals surface area contributed by atoms with Crippen LogP contribution in [-0.2, 0) is 11.2 Å². The zero-order valence-corrected chi connectivity index (χ0v) is 10.5. The van der Waals surface area contributed by atoms with Crippen molar-refractivity contribution in [1.82, 2.24) is 5.43 Å². The summed E-state index contributed by atoms with van der Waals surface area (Å²) in [6.07, 6.45) is 3.58. The molecule has 16 heavy (non-hydrogen) atoms. The number of thiophene rings is 1. The van der Waals surface area contributed by atoms with E-state index >= 15 is 0 Å². The zero-order valence-electron chi connectivity index (χ0n) is 9.69. The highest BCUT2D eigenvalue weighted by molar-refractivity contribution is 7.07. The lowest BCUT2D eigenvalue weighted by atomic mass is 9.88. The molecular weight excluding hydrogens is 220 g/mol. The number of hydrogen-bond acceptors (Lipinski definition) is 4. The van der Waals surface area contributed by atoms with Crippen molar-refractivity contribution in [3.8, 4) is 0 Å². The molecule has 1 aromatic heterocycles. The molecule has 1 aliphatic rings. The maximum absolute atomic E-state index is 5.72. The van der Waals surface area contributed by atoms with Crippen LogP contribution in [0.15, 0.2) is 16.8 Å². The van der Waals surface area contributed by atoms with Gasteiger partial charge in [0.05, 0.1) is 6.10 Å². The molecule has 1 fully saturated rings. The Labute approximate surface area is 101 Å². The average Bonchev–Trinajstić information content (AvgIpc) is 2.96. The molecule has 0 aromatic carbocycles. The van der Waals surface area contributed by atoms with Crippen molar-refractivity contribution in [2.24, 2.45) is 11.8 Å². The first-order valence-electron chi connectivity index (χ1n) is 5.94. The van der Waals surface area contributed by atoms with Gasteiger partial charge in [0.25, 0.3) is 0 Å². The van der Waals surface area contributed by atoms with E-state index in [9.17, 15) is 0 Å². The molecule has 3 nitrogen and oxygen atoms in total. The van der Waals surface area contributed by atoms with E-state index in [0.29, 0.717) is 18.1 Å². The van der Waals surface area contributed by atoms with E-state index in [2.05, 4.69) is 29.2 Å². The van der Waals surface area contributed by atoms with Gasteiger partial charge in [-0.2, -0.15) is 11.3 Å². The molecule has 3 N–H and O–H groups in total. The largest absolute Gasteiger partial charge is 0.378 e. The van der Waals surface area contributed by atoms with Crippen LogP contribution >= 0.6 is 11.3 Å². The fraction of sp³-hybridized carbons (Fsp3) is 0.667. The second-order valence-corrected chi connectivity index (χ2v) is 5.16. The SMILES string of the molecule is CCC1OCCC1C(Cc1ccsc1)NN. The van der Waals surface area contributed by atoms with Gasteiger partial charge in [0.2, 0.25) is 0 Å². The van der Waals surface area contributed by atoms with E-state index in [0.717, 1.165) is 25.9 Å². The van der Waals surface area contributed by atoms with Gasteiger partial charge in [-0.1, -0.05) is 6.92 Å². The van der Waals surface area contributed by atoms with Gasteiger partial charge in [0, 0.05) is 18.6 Å². The molecule has 90 valence electrons. The minimum absolute atomic E-state index is 0.335. The molecule has 0 aliphatic carbocycles. The van der Waals surface area contributed by atoms with Crippen LogP contribution in [0.1, 0.15) is 25.3 Å². The van der Waals surface area contributed by atoms with E-state index in [1.165, 1.54) is 5.56 Å². The minimum atomic E-state index is 0.335. The Kier molecular flexibility index (Phi) is 4.35. The van der Waals surface area contributed by atoms with Crippen LogP contribution in [0, 0.1) is 5.92 Å². The predicted molar refractivity (Wildman–Crippen MR) is 67.3 cm³/mol. The predicted octanol–water partition coefficient (Wildman–Crippen LogP) is 1.94. The third-order valence-corrected chi connectivity index (χ3v) is 4.16. The highest BCUT2D eigenvalue weighted by Crippen LogP contribution is 2.28. The zero-order chi connectivity index (χ0) is 11.4. The summed E-state index contributed by atoms with van der Waals surface area (Å²) in [5, 5.41) is 4.31. The number of hydrogen-bond donors (Lipinski definition) is 2. The molecule has 2 rings (SSSR count). The number of hydrazine groups is 1. The Hall–Kier alpha value is -0.420. The van der Waals surface area contributed by atoms with Crippen LogP contribution < -0.4 is 11.3 Å². The number of rotatable bonds is 5. The molecule has 3 atom stereocenters. The quantitative estimate of drug-likeness (QED) is 0.611. The lowest BCUT2D eigenvalue weighted by Crippen LogP contribution is -2.45. The highest BCUT2D eigenvalue weighted by Gasteiger charge is 2.33. The third-order valence-electron chi connectivity index (χ3n) is 3.43. The van der Waals surface area contributed by atoms with Gasteiger partial charge in [-0.25, -0.2) is 0 Å². The van der Waals surface area contributed by atoms with Crippen molar-refractivity contribution >= 4 is 11.3 Å². The van der Waals surface area contributed by atoms with Crippen LogP contribution in [0.25, 0.3) is 0 Å². The van der Waals surface area contributed by atoms with Crippen molar-refractivity contribution in [2.45, 2.75) is 38.3 Å². The maximum atomic E-state index is 5.72. The minimum Gasteiger partial charge on any atom is -0.378 e. The smallest absolute Gasteiger partial charge is 0.0617 e. The maximum Gasteiger partial charge on any atom is 0.0617 e. The van der Waals surface area contributed by atoms with Gasteiger partial charge in [-0.05, 0) is 41.7 Å². The molecule has 0 bridgehead atoms. The summed E-state index contributed by atoms with van der Waals surface area (Å²) in [5.74, 6) is 6.23. The first kappa shape index (κ1) is 12.0. The lowest BCUT2D eigenvalue weighted by molar-refractivity contribution is 0.0775. The van der Waals surface area contributed by atoms with Gasteiger partial charge in [-0.3, -0.25) is 11.3 Å². The summed E-state index contributed by atoms with van der Waals surface area (Å²) < 4.78 is 5.72. The Morgan fingerprint density at radius 3 is 3.19 bits per heavy atom. The van der Waals surface area contributed by atoms with Gasteiger partial charge in [-0.15, -0.1) is 0 Å². The van der Waals surface area contributed by atoms with E-state index in [-0.39, 0.29) is 0 Å². The van der Waals surface area contributed by atoms with Crippen LogP contribution in [0.5, 0.6) is 0 Å². The van der Waals surface area contributed by atoms with Crippen molar-refractivity contribution in [1.29, 1.82) is 0 Å². The molecule has 1 saturated heterocycles.